The van der Waals surface area contributed by atoms with E-state index < -0.39 is 97.5 Å². The summed E-state index contributed by atoms with van der Waals surface area (Å²) >= 11 is 0. The van der Waals surface area contributed by atoms with Gasteiger partial charge in [0.1, 0.15) is 19.3 Å². The monoisotopic (exact) mass is 1410 g/mol. The zero-order chi connectivity index (χ0) is 70.4. The van der Waals surface area contributed by atoms with E-state index in [0.717, 1.165) is 122 Å². The molecular weight excluding hydrogens is 1260 g/mol. The van der Waals surface area contributed by atoms with E-state index in [1.807, 2.05) is 0 Å². The van der Waals surface area contributed by atoms with Crippen molar-refractivity contribution >= 4 is 39.5 Å². The Balaban J connectivity index is 5.29. The fourth-order valence-electron chi connectivity index (χ4n) is 11.3. The summed E-state index contributed by atoms with van der Waals surface area (Å²) < 4.78 is 68.5. The lowest BCUT2D eigenvalue weighted by Gasteiger charge is -2.21. The summed E-state index contributed by atoms with van der Waals surface area (Å²) in [6.45, 7) is 4.93. The predicted octanol–water partition coefficient (Wildman–Crippen LogP) is 22.6. The first kappa shape index (κ1) is 93.5. The third-order valence-corrected chi connectivity index (χ3v) is 19.3. The van der Waals surface area contributed by atoms with E-state index in [9.17, 15) is 43.2 Å². The number of allylic oxidation sites excluding steroid dienone is 4. The van der Waals surface area contributed by atoms with Crippen LogP contribution in [0.3, 0.4) is 0 Å². The highest BCUT2D eigenvalue weighted by atomic mass is 31.2. The number of carbonyl (C=O) groups excluding carboxylic acids is 4. The van der Waals surface area contributed by atoms with Gasteiger partial charge in [0, 0.05) is 25.7 Å². The Kier molecular flexibility index (Phi) is 69.1. The van der Waals surface area contributed by atoms with Gasteiger partial charge in [0.2, 0.25) is 0 Å². The van der Waals surface area contributed by atoms with Crippen molar-refractivity contribution in [3.05, 3.63) is 24.3 Å². The maximum Gasteiger partial charge on any atom is 0.472 e. The van der Waals surface area contributed by atoms with Gasteiger partial charge in [0.05, 0.1) is 26.4 Å². The molecule has 0 aromatic carbocycles. The Morgan fingerprint density at radius 1 is 0.281 bits per heavy atom. The largest absolute Gasteiger partial charge is 0.472 e. The average molecular weight is 1410 g/mol. The van der Waals surface area contributed by atoms with E-state index in [1.54, 1.807) is 0 Å². The van der Waals surface area contributed by atoms with Gasteiger partial charge in [0.25, 0.3) is 0 Å². The van der Waals surface area contributed by atoms with Crippen molar-refractivity contribution in [3.63, 3.8) is 0 Å². The van der Waals surface area contributed by atoms with Crippen LogP contribution >= 0.6 is 15.6 Å². The standard InChI is InChI=1S/C77H146O17P2/c1-5-9-13-17-21-25-29-33-35-39-42-46-50-54-58-62-75(80)88-68-73(94-77(82)64-60-56-52-48-44-40-36-34-30-26-22-18-14-10-6-2)70-92-96(85,86)90-66-71(78)65-89-95(83,84)91-69-72(93-76(81)63-59-55-51-47-43-38-32-28-24-20-16-12-8-4)67-87-74(79)61-57-53-49-45-41-37-31-27-23-19-15-11-7-3/h27-28,31-32,71-73,78H,5-26,29-30,33-70H2,1-4H3,(H,83,84)(H,85,86)/b31-27-,32-28-/t71?,72-,73-/m1/s1. The number of esters is 4. The molecule has 17 nitrogen and oxygen atoms in total. The van der Waals surface area contributed by atoms with Crippen LogP contribution < -0.4 is 0 Å². The Labute approximate surface area is 586 Å². The molecule has 0 spiro atoms. The molecule has 96 heavy (non-hydrogen) atoms. The number of aliphatic hydroxyl groups is 1. The van der Waals surface area contributed by atoms with Crippen LogP contribution in [-0.4, -0.2) is 96.7 Å². The highest BCUT2D eigenvalue weighted by Gasteiger charge is 2.30. The third kappa shape index (κ3) is 70.0. The topological polar surface area (TPSA) is 237 Å². The van der Waals surface area contributed by atoms with Crippen LogP contribution in [0.2, 0.25) is 0 Å². The Hall–Kier alpha value is -2.46. The van der Waals surface area contributed by atoms with E-state index in [2.05, 4.69) is 52.0 Å². The quantitative estimate of drug-likeness (QED) is 0.0169. The maximum absolute atomic E-state index is 13.1. The first-order valence-corrected chi connectivity index (χ1v) is 42.6. The van der Waals surface area contributed by atoms with Crippen molar-refractivity contribution in [2.45, 2.75) is 406 Å². The average Bonchev–Trinajstić information content (AvgIpc) is 1.17. The van der Waals surface area contributed by atoms with Crippen molar-refractivity contribution in [1.82, 2.24) is 0 Å². The second kappa shape index (κ2) is 71.0. The van der Waals surface area contributed by atoms with Crippen LogP contribution in [0.5, 0.6) is 0 Å². The van der Waals surface area contributed by atoms with Crippen molar-refractivity contribution < 1.29 is 80.2 Å². The molecule has 19 heteroatoms. The van der Waals surface area contributed by atoms with Crippen LogP contribution in [0.1, 0.15) is 387 Å². The number of unbranched alkanes of at least 4 members (excludes halogenated alkanes) is 46. The van der Waals surface area contributed by atoms with Crippen LogP contribution in [0, 0.1) is 0 Å². The van der Waals surface area contributed by atoms with E-state index in [4.69, 9.17) is 37.0 Å². The van der Waals surface area contributed by atoms with Gasteiger partial charge >= 0.3 is 39.5 Å². The molecular formula is C77H146O17P2. The molecule has 0 fully saturated rings. The van der Waals surface area contributed by atoms with Gasteiger partial charge in [-0.3, -0.25) is 37.3 Å². The molecule has 0 radical (unpaired) electrons. The highest BCUT2D eigenvalue weighted by Crippen LogP contribution is 2.45. The van der Waals surface area contributed by atoms with Crippen molar-refractivity contribution in [1.29, 1.82) is 0 Å². The van der Waals surface area contributed by atoms with Gasteiger partial charge < -0.3 is 33.8 Å². The molecule has 0 aromatic heterocycles. The number of hydrogen-bond acceptors (Lipinski definition) is 15. The molecule has 3 unspecified atom stereocenters. The molecule has 3 N–H and O–H groups in total. The number of rotatable bonds is 76. The minimum Gasteiger partial charge on any atom is -0.462 e. The van der Waals surface area contributed by atoms with Crippen LogP contribution in [-0.2, 0) is 65.4 Å². The zero-order valence-corrected chi connectivity index (χ0v) is 63.6. The van der Waals surface area contributed by atoms with E-state index in [1.165, 1.54) is 186 Å². The Morgan fingerprint density at radius 3 is 0.729 bits per heavy atom. The fourth-order valence-corrected chi connectivity index (χ4v) is 12.9. The number of hydrogen-bond donors (Lipinski definition) is 3. The lowest BCUT2D eigenvalue weighted by atomic mass is 10.0. The smallest absolute Gasteiger partial charge is 0.462 e. The highest BCUT2D eigenvalue weighted by molar-refractivity contribution is 7.47. The van der Waals surface area contributed by atoms with Crippen molar-refractivity contribution in [2.75, 3.05) is 39.6 Å². The number of aliphatic hydroxyl groups excluding tert-OH is 1. The predicted molar refractivity (Wildman–Crippen MR) is 391 cm³/mol. The minimum atomic E-state index is -4.96. The molecule has 0 heterocycles. The SMILES string of the molecule is CCCCCC/C=C\CCCCCCCC(=O)OC[C@H](COP(=O)(O)OCC(O)COP(=O)(O)OC[C@@H](COC(=O)CCCCCCCCCCCCCCCCC)OC(=O)CCCCCCCCCCCCCCCCC)OC(=O)CCCCCCC/C=C\CCCCCC. The lowest BCUT2D eigenvalue weighted by Crippen LogP contribution is -2.30. The lowest BCUT2D eigenvalue weighted by molar-refractivity contribution is -0.161. The molecule has 0 aromatic rings. The molecule has 0 saturated carbocycles. The maximum atomic E-state index is 13.1. The second-order valence-electron chi connectivity index (χ2n) is 27.0. The minimum absolute atomic E-state index is 0.0905. The fraction of sp³-hybridized carbons (Fsp3) is 0.896. The molecule has 0 saturated heterocycles. The molecule has 0 aliphatic rings. The van der Waals surface area contributed by atoms with Gasteiger partial charge in [-0.25, -0.2) is 9.13 Å². The van der Waals surface area contributed by atoms with Crippen LogP contribution in [0.4, 0.5) is 0 Å². The summed E-state index contributed by atoms with van der Waals surface area (Å²) in [5, 5.41) is 10.6. The summed E-state index contributed by atoms with van der Waals surface area (Å²) in [4.78, 5) is 72.9. The van der Waals surface area contributed by atoms with Gasteiger partial charge in [-0.2, -0.15) is 0 Å². The molecule has 0 bridgehead atoms. The first-order chi connectivity index (χ1) is 46.7. The van der Waals surface area contributed by atoms with Gasteiger partial charge in [-0.05, 0) is 77.0 Å². The molecule has 566 valence electrons. The molecule has 5 atom stereocenters. The summed E-state index contributed by atoms with van der Waals surface area (Å²) in [6.07, 6.45) is 64.4. The summed E-state index contributed by atoms with van der Waals surface area (Å²) in [6, 6.07) is 0. The summed E-state index contributed by atoms with van der Waals surface area (Å²) in [5.74, 6) is -2.14. The molecule has 0 amide bonds. The van der Waals surface area contributed by atoms with E-state index in [0.29, 0.717) is 25.7 Å². The van der Waals surface area contributed by atoms with Crippen LogP contribution in [0.25, 0.3) is 0 Å². The first-order valence-electron chi connectivity index (χ1n) is 39.6. The van der Waals surface area contributed by atoms with E-state index in [-0.39, 0.29) is 25.7 Å². The Bertz CT molecular complexity index is 1920. The third-order valence-electron chi connectivity index (χ3n) is 17.4. The number of phosphoric ester groups is 2. The van der Waals surface area contributed by atoms with Crippen molar-refractivity contribution in [3.8, 4) is 0 Å². The molecule has 0 rings (SSSR count). The van der Waals surface area contributed by atoms with Crippen molar-refractivity contribution in [2.24, 2.45) is 0 Å². The summed E-state index contributed by atoms with van der Waals surface area (Å²) in [5.41, 5.74) is 0. The Morgan fingerprint density at radius 2 is 0.479 bits per heavy atom. The molecule has 0 aliphatic carbocycles. The van der Waals surface area contributed by atoms with Gasteiger partial charge in [0.15, 0.2) is 12.2 Å². The number of carbonyl (C=O) groups is 4. The van der Waals surface area contributed by atoms with Gasteiger partial charge in [-0.1, -0.05) is 309 Å². The number of ether oxygens (including phenoxy) is 4. The van der Waals surface area contributed by atoms with Crippen LogP contribution in [0.15, 0.2) is 24.3 Å². The van der Waals surface area contributed by atoms with Gasteiger partial charge in [-0.15, -0.1) is 0 Å². The second-order valence-corrected chi connectivity index (χ2v) is 29.9. The summed E-state index contributed by atoms with van der Waals surface area (Å²) in [7, 11) is -9.92. The normalized spacial score (nSPS) is 14.0. The molecule has 0 aliphatic heterocycles. The number of phosphoric acid groups is 2. The zero-order valence-electron chi connectivity index (χ0n) is 61.8. The van der Waals surface area contributed by atoms with E-state index >= 15 is 0 Å².